The van der Waals surface area contributed by atoms with Crippen LogP contribution in [0.1, 0.15) is 23.6 Å². The Hall–Kier alpha value is -3.55. The lowest BCUT2D eigenvalue weighted by Crippen LogP contribution is -2.25. The molecular weight excluding hydrogens is 365 g/mol. The predicted molar refractivity (Wildman–Crippen MR) is 99.8 cm³/mol. The van der Waals surface area contributed by atoms with Crippen molar-refractivity contribution in [3.05, 3.63) is 59.8 Å². The number of imidazole rings is 1. The fourth-order valence-corrected chi connectivity index (χ4v) is 3.39. The van der Waals surface area contributed by atoms with E-state index in [9.17, 15) is 14.3 Å². The van der Waals surface area contributed by atoms with E-state index in [0.717, 1.165) is 5.56 Å². The lowest BCUT2D eigenvalue weighted by molar-refractivity contribution is -0.116. The number of benzene rings is 2. The molecule has 0 spiro atoms. The number of aromatic nitrogens is 2. The zero-order valence-electron chi connectivity index (χ0n) is 15.3. The summed E-state index contributed by atoms with van der Waals surface area (Å²) in [4.78, 5) is 16.9. The van der Waals surface area contributed by atoms with Gasteiger partial charge in [0.25, 0.3) is 0 Å². The summed E-state index contributed by atoms with van der Waals surface area (Å²) in [5.41, 5.74) is 2.07. The van der Waals surface area contributed by atoms with Crippen LogP contribution in [0.5, 0.6) is 17.2 Å². The van der Waals surface area contributed by atoms with E-state index >= 15 is 0 Å². The third kappa shape index (κ3) is 2.92. The van der Waals surface area contributed by atoms with Gasteiger partial charge >= 0.3 is 0 Å². The molecule has 1 aromatic heterocycles. The lowest BCUT2D eigenvalue weighted by atomic mass is 9.89. The van der Waals surface area contributed by atoms with Crippen LogP contribution in [0.3, 0.4) is 0 Å². The van der Waals surface area contributed by atoms with Gasteiger partial charge in [-0.25, -0.2) is 9.37 Å². The molecule has 0 saturated carbocycles. The molecule has 2 aromatic carbocycles. The molecule has 4 rings (SSSR count). The molecule has 1 aliphatic heterocycles. The van der Waals surface area contributed by atoms with Gasteiger partial charge in [0.1, 0.15) is 18.0 Å². The first kappa shape index (κ1) is 17.8. The number of hydrogen-bond donors (Lipinski definition) is 2. The third-order valence-corrected chi connectivity index (χ3v) is 4.78. The average Bonchev–Trinajstić information content (AvgIpc) is 3.12. The van der Waals surface area contributed by atoms with Crippen molar-refractivity contribution in [2.75, 3.05) is 19.5 Å². The van der Waals surface area contributed by atoms with Crippen molar-refractivity contribution in [1.82, 2.24) is 9.55 Å². The number of ether oxygens (including phenoxy) is 2. The molecular formula is C20H18FN3O4. The summed E-state index contributed by atoms with van der Waals surface area (Å²) in [5.74, 6) is 0.0498. The highest BCUT2D eigenvalue weighted by atomic mass is 19.1. The number of hydrogen-bond acceptors (Lipinski definition) is 5. The number of halogens is 1. The molecule has 2 N–H and O–H groups in total. The number of amides is 1. The zero-order chi connectivity index (χ0) is 19.8. The van der Waals surface area contributed by atoms with Crippen LogP contribution in [0.2, 0.25) is 0 Å². The van der Waals surface area contributed by atoms with Crippen LogP contribution < -0.4 is 14.8 Å². The van der Waals surface area contributed by atoms with Gasteiger partial charge in [-0.05, 0) is 42.0 Å². The summed E-state index contributed by atoms with van der Waals surface area (Å²) in [7, 11) is 2.89. The first-order valence-corrected chi connectivity index (χ1v) is 8.59. The molecule has 1 aliphatic rings. The van der Waals surface area contributed by atoms with Crippen LogP contribution in [0.15, 0.2) is 42.7 Å². The molecule has 1 amide bonds. The fourth-order valence-electron chi connectivity index (χ4n) is 3.39. The van der Waals surface area contributed by atoms with Crippen molar-refractivity contribution in [2.45, 2.75) is 12.3 Å². The van der Waals surface area contributed by atoms with Gasteiger partial charge in [0.2, 0.25) is 11.7 Å². The molecule has 8 heteroatoms. The highest BCUT2D eigenvalue weighted by Gasteiger charge is 2.32. The number of phenolic OH excluding ortho intramolecular Hbond substituents is 1. The van der Waals surface area contributed by atoms with Crippen LogP contribution in [0.4, 0.5) is 10.2 Å². The number of nitrogens with zero attached hydrogens (tertiary/aromatic N) is 2. The molecule has 1 atom stereocenters. The highest BCUT2D eigenvalue weighted by molar-refractivity contribution is 5.94. The van der Waals surface area contributed by atoms with E-state index < -0.39 is 0 Å². The molecule has 0 saturated heterocycles. The Morgan fingerprint density at radius 1 is 1.18 bits per heavy atom. The van der Waals surface area contributed by atoms with Crippen LogP contribution in [-0.2, 0) is 4.79 Å². The van der Waals surface area contributed by atoms with E-state index in [0.29, 0.717) is 17.2 Å². The lowest BCUT2D eigenvalue weighted by Gasteiger charge is -2.24. The Kier molecular flexibility index (Phi) is 4.38. The van der Waals surface area contributed by atoms with E-state index in [2.05, 4.69) is 10.3 Å². The summed E-state index contributed by atoms with van der Waals surface area (Å²) in [6.07, 6.45) is 1.77. The van der Waals surface area contributed by atoms with E-state index in [1.807, 2.05) is 0 Å². The van der Waals surface area contributed by atoms with Crippen molar-refractivity contribution in [3.63, 3.8) is 0 Å². The van der Waals surface area contributed by atoms with Gasteiger partial charge in [-0.3, -0.25) is 9.36 Å². The van der Waals surface area contributed by atoms with Crippen molar-refractivity contribution in [3.8, 4) is 22.9 Å². The van der Waals surface area contributed by atoms with Gasteiger partial charge in [-0.15, -0.1) is 0 Å². The number of phenols is 1. The van der Waals surface area contributed by atoms with Gasteiger partial charge < -0.3 is 19.9 Å². The molecule has 0 fully saturated rings. The maximum Gasteiger partial charge on any atom is 0.226 e. The first-order chi connectivity index (χ1) is 13.5. The maximum atomic E-state index is 13.2. The minimum absolute atomic E-state index is 0.105. The number of methoxy groups -OCH3 is 2. The Morgan fingerprint density at radius 2 is 1.82 bits per heavy atom. The van der Waals surface area contributed by atoms with E-state index in [1.165, 1.54) is 26.4 Å². The van der Waals surface area contributed by atoms with Gasteiger partial charge in [0.15, 0.2) is 11.5 Å². The number of carbonyl (C=O) groups excluding carboxylic acids is 1. The molecule has 2 heterocycles. The number of nitrogens with one attached hydrogen (secondary N) is 1. The van der Waals surface area contributed by atoms with Crippen LogP contribution in [0.25, 0.3) is 5.69 Å². The van der Waals surface area contributed by atoms with Gasteiger partial charge in [0.05, 0.1) is 19.9 Å². The second-order valence-corrected chi connectivity index (χ2v) is 6.40. The Morgan fingerprint density at radius 3 is 2.43 bits per heavy atom. The largest absolute Gasteiger partial charge is 0.502 e. The van der Waals surface area contributed by atoms with E-state index in [-0.39, 0.29) is 41.3 Å². The number of carbonyl (C=O) groups is 1. The van der Waals surface area contributed by atoms with Gasteiger partial charge in [-0.1, -0.05) is 0 Å². The van der Waals surface area contributed by atoms with E-state index in [1.54, 1.807) is 35.2 Å². The second-order valence-electron chi connectivity index (χ2n) is 6.40. The van der Waals surface area contributed by atoms with Crippen molar-refractivity contribution >= 4 is 11.7 Å². The third-order valence-electron chi connectivity index (χ3n) is 4.78. The Balaban J connectivity index is 1.82. The van der Waals surface area contributed by atoms with Crippen LogP contribution in [0, 0.1) is 5.82 Å². The van der Waals surface area contributed by atoms with Crippen molar-refractivity contribution in [1.29, 1.82) is 0 Å². The minimum atomic E-state index is -0.353. The molecule has 0 bridgehead atoms. The summed E-state index contributed by atoms with van der Waals surface area (Å²) < 4.78 is 25.4. The SMILES string of the molecule is COc1cc(C2CC(=O)Nc3c2ncn3-c2ccc(F)cc2)cc(OC)c1O. The Labute approximate surface area is 160 Å². The number of fused-ring (bicyclic) bond motifs is 1. The molecule has 144 valence electrons. The predicted octanol–water partition coefficient (Wildman–Crippen LogP) is 3.21. The smallest absolute Gasteiger partial charge is 0.226 e. The average molecular weight is 383 g/mol. The maximum absolute atomic E-state index is 13.2. The summed E-state index contributed by atoms with van der Waals surface area (Å²) in [6, 6.07) is 9.25. The normalized spacial score (nSPS) is 15.7. The quantitative estimate of drug-likeness (QED) is 0.723. The number of rotatable bonds is 4. The fraction of sp³-hybridized carbons (Fsp3) is 0.200. The van der Waals surface area contributed by atoms with Crippen molar-refractivity contribution in [2.24, 2.45) is 0 Å². The van der Waals surface area contributed by atoms with Gasteiger partial charge in [0, 0.05) is 18.0 Å². The molecule has 28 heavy (non-hydrogen) atoms. The van der Waals surface area contributed by atoms with Crippen LogP contribution >= 0.6 is 0 Å². The topological polar surface area (TPSA) is 85.6 Å². The Bertz CT molecular complexity index is 1020. The second kappa shape index (κ2) is 6.88. The molecule has 0 radical (unpaired) electrons. The first-order valence-electron chi connectivity index (χ1n) is 8.59. The van der Waals surface area contributed by atoms with Gasteiger partial charge in [-0.2, -0.15) is 0 Å². The summed E-state index contributed by atoms with van der Waals surface area (Å²) in [6.45, 7) is 0. The molecule has 3 aromatic rings. The molecule has 0 aliphatic carbocycles. The summed E-state index contributed by atoms with van der Waals surface area (Å²) >= 11 is 0. The standard InChI is InChI=1S/C20H18FN3O4/c1-27-15-7-11(8-16(28-2)19(15)26)14-9-17(25)23-20-18(14)22-10-24(20)13-5-3-12(21)4-6-13/h3-8,10,14,26H,9H2,1-2H3,(H,23,25). The number of aromatic hydroxyl groups is 1. The molecule has 7 nitrogen and oxygen atoms in total. The monoisotopic (exact) mass is 383 g/mol. The minimum Gasteiger partial charge on any atom is -0.502 e. The zero-order valence-corrected chi connectivity index (χ0v) is 15.3. The summed E-state index contributed by atoms with van der Waals surface area (Å²) in [5, 5.41) is 13.0. The molecule has 1 unspecified atom stereocenters. The van der Waals surface area contributed by atoms with Crippen LogP contribution in [-0.4, -0.2) is 34.8 Å². The van der Waals surface area contributed by atoms with Crippen molar-refractivity contribution < 1.29 is 23.8 Å². The van der Waals surface area contributed by atoms with E-state index in [4.69, 9.17) is 9.47 Å². The number of anilines is 1. The highest BCUT2D eigenvalue weighted by Crippen LogP contribution is 2.43.